The highest BCUT2D eigenvalue weighted by Crippen LogP contribution is 2.32. The number of anilines is 1. The maximum atomic E-state index is 5.60. The van der Waals surface area contributed by atoms with Crippen molar-refractivity contribution >= 4 is 11.8 Å². The van der Waals surface area contributed by atoms with E-state index in [1.807, 2.05) is 24.4 Å². The molecule has 2 N–H and O–H groups in total. The number of nitrogens with one attached hydrogen (secondary N) is 2. The normalized spacial score (nSPS) is 18.4. The third-order valence-electron chi connectivity index (χ3n) is 5.04. The van der Waals surface area contributed by atoms with Crippen molar-refractivity contribution in [3.05, 3.63) is 47.7 Å². The molecule has 0 bridgehead atoms. The van der Waals surface area contributed by atoms with Crippen molar-refractivity contribution < 1.29 is 14.2 Å². The first-order valence-electron chi connectivity index (χ1n) is 10.4. The zero-order valence-corrected chi connectivity index (χ0v) is 17.6. The number of nitrogens with zero attached hydrogens (tertiary/aromatic N) is 3. The molecule has 8 heteroatoms. The van der Waals surface area contributed by atoms with Gasteiger partial charge in [0.1, 0.15) is 5.82 Å². The van der Waals surface area contributed by atoms with Gasteiger partial charge in [-0.25, -0.2) is 9.98 Å². The van der Waals surface area contributed by atoms with Crippen LogP contribution in [0.25, 0.3) is 0 Å². The van der Waals surface area contributed by atoms with Crippen LogP contribution < -0.4 is 25.0 Å². The fourth-order valence-corrected chi connectivity index (χ4v) is 3.47. The highest BCUT2D eigenvalue weighted by molar-refractivity contribution is 5.79. The van der Waals surface area contributed by atoms with Crippen LogP contribution in [-0.4, -0.2) is 50.1 Å². The van der Waals surface area contributed by atoms with Crippen LogP contribution in [0.2, 0.25) is 0 Å². The number of benzene rings is 1. The van der Waals surface area contributed by atoms with Gasteiger partial charge >= 0.3 is 0 Å². The summed E-state index contributed by atoms with van der Waals surface area (Å²) in [6, 6.07) is 10.1. The standard InChI is InChI=1S/C22H29N5O3/c1-3-23-22(25-11-17-4-6-19-20(10-17)30-15-29-19)26-13-18-5-7-21(24-12-18)27-8-9-28-16(2)14-27/h4-7,10,12,16H,3,8-9,11,13-15H2,1-2H3,(H2,23,25,26). The molecule has 1 aromatic carbocycles. The minimum atomic E-state index is 0.239. The monoisotopic (exact) mass is 411 g/mol. The zero-order valence-electron chi connectivity index (χ0n) is 17.6. The Morgan fingerprint density at radius 3 is 2.83 bits per heavy atom. The van der Waals surface area contributed by atoms with Gasteiger partial charge < -0.3 is 29.7 Å². The van der Waals surface area contributed by atoms with Crippen LogP contribution in [0.5, 0.6) is 11.5 Å². The first kappa shape index (κ1) is 20.3. The van der Waals surface area contributed by atoms with Crippen LogP contribution >= 0.6 is 0 Å². The average Bonchev–Trinajstić information content (AvgIpc) is 3.24. The molecule has 0 saturated carbocycles. The van der Waals surface area contributed by atoms with E-state index in [1.54, 1.807) is 0 Å². The molecule has 30 heavy (non-hydrogen) atoms. The summed E-state index contributed by atoms with van der Waals surface area (Å²) in [4.78, 5) is 11.6. The zero-order chi connectivity index (χ0) is 20.8. The Morgan fingerprint density at radius 2 is 2.03 bits per heavy atom. The van der Waals surface area contributed by atoms with Gasteiger partial charge in [0, 0.05) is 32.4 Å². The summed E-state index contributed by atoms with van der Waals surface area (Å²) in [5.41, 5.74) is 2.18. The molecule has 2 aromatic rings. The number of pyridine rings is 1. The number of fused-ring (bicyclic) bond motifs is 1. The summed E-state index contributed by atoms with van der Waals surface area (Å²) >= 11 is 0. The summed E-state index contributed by atoms with van der Waals surface area (Å²) in [7, 11) is 0. The van der Waals surface area contributed by atoms with Crippen molar-refractivity contribution in [2.75, 3.05) is 37.9 Å². The molecule has 2 aliphatic heterocycles. The van der Waals surface area contributed by atoms with Gasteiger partial charge in [-0.3, -0.25) is 0 Å². The van der Waals surface area contributed by atoms with Crippen molar-refractivity contribution in [2.24, 2.45) is 4.99 Å². The molecule has 1 fully saturated rings. The fourth-order valence-electron chi connectivity index (χ4n) is 3.47. The van der Waals surface area contributed by atoms with Crippen LogP contribution in [0.15, 0.2) is 41.5 Å². The molecule has 160 valence electrons. The van der Waals surface area contributed by atoms with E-state index >= 15 is 0 Å². The maximum absolute atomic E-state index is 5.60. The topological polar surface area (TPSA) is 80.2 Å². The molecule has 0 aliphatic carbocycles. The number of guanidine groups is 1. The lowest BCUT2D eigenvalue weighted by molar-refractivity contribution is 0.0529. The summed E-state index contributed by atoms with van der Waals surface area (Å²) in [6.45, 7) is 8.93. The van der Waals surface area contributed by atoms with Crippen molar-refractivity contribution in [3.63, 3.8) is 0 Å². The summed E-state index contributed by atoms with van der Waals surface area (Å²) in [5, 5.41) is 6.65. The molecule has 0 radical (unpaired) electrons. The van der Waals surface area contributed by atoms with E-state index < -0.39 is 0 Å². The third-order valence-corrected chi connectivity index (χ3v) is 5.04. The second-order valence-electron chi connectivity index (χ2n) is 7.39. The molecule has 8 nitrogen and oxygen atoms in total. The van der Waals surface area contributed by atoms with Gasteiger partial charge in [-0.1, -0.05) is 12.1 Å². The van der Waals surface area contributed by atoms with E-state index in [-0.39, 0.29) is 12.9 Å². The molecule has 2 aliphatic rings. The first-order chi connectivity index (χ1) is 14.7. The predicted octanol–water partition coefficient (Wildman–Crippen LogP) is 2.29. The second kappa shape index (κ2) is 9.67. The Morgan fingerprint density at radius 1 is 1.17 bits per heavy atom. The minimum absolute atomic E-state index is 0.239. The predicted molar refractivity (Wildman–Crippen MR) is 116 cm³/mol. The van der Waals surface area contributed by atoms with Crippen molar-refractivity contribution in [3.8, 4) is 11.5 Å². The first-order valence-corrected chi connectivity index (χ1v) is 10.4. The molecular weight excluding hydrogens is 382 g/mol. The lowest BCUT2D eigenvalue weighted by atomic mass is 10.2. The molecule has 4 rings (SSSR count). The highest BCUT2D eigenvalue weighted by Gasteiger charge is 2.17. The second-order valence-corrected chi connectivity index (χ2v) is 7.39. The van der Waals surface area contributed by atoms with E-state index in [4.69, 9.17) is 19.2 Å². The van der Waals surface area contributed by atoms with E-state index in [9.17, 15) is 0 Å². The van der Waals surface area contributed by atoms with Gasteiger partial charge in [0.2, 0.25) is 6.79 Å². The molecule has 1 aromatic heterocycles. The molecule has 1 atom stereocenters. The maximum Gasteiger partial charge on any atom is 0.231 e. The van der Waals surface area contributed by atoms with Crippen LogP contribution in [0, 0.1) is 0 Å². The minimum Gasteiger partial charge on any atom is -0.454 e. The van der Waals surface area contributed by atoms with Gasteiger partial charge in [0.15, 0.2) is 17.5 Å². The molecule has 1 unspecified atom stereocenters. The number of rotatable bonds is 6. The molecule has 3 heterocycles. The quantitative estimate of drug-likeness (QED) is 0.558. The Kier molecular flexibility index (Phi) is 6.53. The Hall–Kier alpha value is -3.00. The SMILES string of the molecule is CCNC(=NCc1ccc(N2CCOC(C)C2)nc1)NCc1ccc2c(c1)OCO2. The average molecular weight is 412 g/mol. The number of hydrogen-bond acceptors (Lipinski definition) is 6. The molecular formula is C22H29N5O3. The molecule has 0 spiro atoms. The third kappa shape index (κ3) is 5.13. The fraction of sp³-hybridized carbons (Fsp3) is 0.455. The molecule has 1 saturated heterocycles. The summed E-state index contributed by atoms with van der Waals surface area (Å²) in [5.74, 6) is 3.34. The van der Waals surface area contributed by atoms with Gasteiger partial charge in [-0.05, 0) is 43.2 Å². The van der Waals surface area contributed by atoms with Gasteiger partial charge in [-0.2, -0.15) is 0 Å². The summed E-state index contributed by atoms with van der Waals surface area (Å²) in [6.07, 6.45) is 2.14. The lowest BCUT2D eigenvalue weighted by Crippen LogP contribution is -2.41. The highest BCUT2D eigenvalue weighted by atomic mass is 16.7. The van der Waals surface area contributed by atoms with Crippen molar-refractivity contribution in [1.82, 2.24) is 15.6 Å². The summed E-state index contributed by atoms with van der Waals surface area (Å²) < 4.78 is 16.4. The van der Waals surface area contributed by atoms with E-state index in [1.165, 1.54) is 0 Å². The smallest absolute Gasteiger partial charge is 0.231 e. The van der Waals surface area contributed by atoms with Crippen molar-refractivity contribution in [1.29, 1.82) is 0 Å². The number of morpholine rings is 1. The molecule has 0 amide bonds. The number of hydrogen-bond donors (Lipinski definition) is 2. The lowest BCUT2D eigenvalue weighted by Gasteiger charge is -2.32. The number of aliphatic imine (C=N–C) groups is 1. The van der Waals surface area contributed by atoms with Crippen LogP contribution in [0.3, 0.4) is 0 Å². The Labute approximate surface area is 177 Å². The van der Waals surface area contributed by atoms with E-state index in [0.29, 0.717) is 13.1 Å². The van der Waals surface area contributed by atoms with Crippen LogP contribution in [0.1, 0.15) is 25.0 Å². The van der Waals surface area contributed by atoms with Gasteiger partial charge in [0.05, 0.1) is 19.3 Å². The number of aromatic nitrogens is 1. The van der Waals surface area contributed by atoms with E-state index in [0.717, 1.165) is 60.6 Å². The Bertz CT molecular complexity index is 872. The number of ether oxygens (including phenoxy) is 3. The largest absolute Gasteiger partial charge is 0.454 e. The van der Waals surface area contributed by atoms with E-state index in [2.05, 4.69) is 46.5 Å². The van der Waals surface area contributed by atoms with Crippen LogP contribution in [0.4, 0.5) is 5.82 Å². The van der Waals surface area contributed by atoms with Gasteiger partial charge in [0.25, 0.3) is 0 Å². The van der Waals surface area contributed by atoms with Gasteiger partial charge in [-0.15, -0.1) is 0 Å². The van der Waals surface area contributed by atoms with Crippen LogP contribution in [-0.2, 0) is 17.8 Å². The van der Waals surface area contributed by atoms with Crippen molar-refractivity contribution in [2.45, 2.75) is 33.0 Å². The Balaban J connectivity index is 1.34.